The van der Waals surface area contributed by atoms with Gasteiger partial charge in [-0.05, 0) is 56.2 Å². The smallest absolute Gasteiger partial charge is 0.251 e. The Labute approximate surface area is 121 Å². The van der Waals surface area contributed by atoms with Gasteiger partial charge in [0.1, 0.15) is 0 Å². The second kappa shape index (κ2) is 5.66. The molecular weight excluding hydrogens is 310 g/mol. The minimum Gasteiger partial charge on any atom is -0.351 e. The van der Waals surface area contributed by atoms with Crippen LogP contribution in [0.1, 0.15) is 35.7 Å². The Morgan fingerprint density at radius 3 is 2.89 bits per heavy atom. The summed E-state index contributed by atoms with van der Waals surface area (Å²) >= 11 is 5.39. The molecule has 1 unspecified atom stereocenters. The van der Waals surface area contributed by atoms with Crippen LogP contribution in [0.2, 0.25) is 0 Å². The molecule has 1 aliphatic heterocycles. The van der Waals surface area contributed by atoms with Crippen LogP contribution < -0.4 is 5.32 Å². The summed E-state index contributed by atoms with van der Waals surface area (Å²) in [5, 5.41) is 3.06. The van der Waals surface area contributed by atoms with Gasteiger partial charge in [0.05, 0.1) is 0 Å². The molecule has 0 bridgehead atoms. The van der Waals surface area contributed by atoms with E-state index in [0.29, 0.717) is 0 Å². The van der Waals surface area contributed by atoms with Crippen molar-refractivity contribution in [2.45, 2.75) is 31.4 Å². The molecule has 4 heteroatoms. The van der Waals surface area contributed by atoms with Crippen molar-refractivity contribution in [3.05, 3.63) is 33.8 Å². The highest BCUT2D eigenvalue weighted by molar-refractivity contribution is 9.10. The first kappa shape index (κ1) is 13.9. The van der Waals surface area contributed by atoms with Crippen molar-refractivity contribution in [2.24, 2.45) is 0 Å². The average molecular weight is 328 g/mol. The fourth-order valence-electron chi connectivity index (χ4n) is 2.21. The minimum atomic E-state index is 0.0214. The molecule has 1 saturated heterocycles. The third kappa shape index (κ3) is 3.51. The number of carbonyl (C=O) groups excluding carboxylic acids is 1. The topological polar surface area (TPSA) is 29.1 Å². The van der Waals surface area contributed by atoms with Crippen LogP contribution in [0, 0.1) is 6.92 Å². The van der Waals surface area contributed by atoms with E-state index in [1.165, 1.54) is 18.6 Å². The van der Waals surface area contributed by atoms with Crippen molar-refractivity contribution in [2.75, 3.05) is 12.3 Å². The predicted octanol–water partition coefficient (Wildman–Crippen LogP) is 3.77. The number of carbonyl (C=O) groups is 1. The summed E-state index contributed by atoms with van der Waals surface area (Å²) in [6.07, 6.45) is 2.45. The van der Waals surface area contributed by atoms with Gasteiger partial charge >= 0.3 is 0 Å². The molecule has 1 N–H and O–H groups in total. The van der Waals surface area contributed by atoms with E-state index >= 15 is 0 Å². The maximum Gasteiger partial charge on any atom is 0.251 e. The first-order valence-corrected chi connectivity index (χ1v) is 7.96. The van der Waals surface area contributed by atoms with Crippen LogP contribution in [0.3, 0.4) is 0 Å². The molecular formula is C14H18BrNOS. The number of thioether (sulfide) groups is 1. The van der Waals surface area contributed by atoms with Crippen LogP contribution in [0.4, 0.5) is 0 Å². The SMILES string of the molecule is Cc1cc(Br)cc(C(=O)NCC2(C)CCCS2)c1. The van der Waals surface area contributed by atoms with Gasteiger partial charge in [0.2, 0.25) is 0 Å². The largest absolute Gasteiger partial charge is 0.351 e. The second-order valence-corrected chi connectivity index (χ2v) is 7.70. The van der Waals surface area contributed by atoms with Gasteiger partial charge in [-0.2, -0.15) is 11.8 Å². The van der Waals surface area contributed by atoms with Gasteiger partial charge < -0.3 is 5.32 Å². The van der Waals surface area contributed by atoms with Crippen LogP contribution in [-0.4, -0.2) is 23.0 Å². The quantitative estimate of drug-likeness (QED) is 0.915. The summed E-state index contributed by atoms with van der Waals surface area (Å²) in [7, 11) is 0. The molecule has 0 aromatic heterocycles. The van der Waals surface area contributed by atoms with Crippen molar-refractivity contribution < 1.29 is 4.79 Å². The highest BCUT2D eigenvalue weighted by Crippen LogP contribution is 2.37. The van der Waals surface area contributed by atoms with Crippen molar-refractivity contribution in [3.63, 3.8) is 0 Å². The van der Waals surface area contributed by atoms with Crippen LogP contribution in [0.25, 0.3) is 0 Å². The van der Waals surface area contributed by atoms with E-state index in [-0.39, 0.29) is 10.7 Å². The first-order valence-electron chi connectivity index (χ1n) is 6.18. The van der Waals surface area contributed by atoms with Gasteiger partial charge in [-0.25, -0.2) is 0 Å². The number of hydrogen-bond acceptors (Lipinski definition) is 2. The molecule has 0 saturated carbocycles. The van der Waals surface area contributed by atoms with Crippen LogP contribution in [0.5, 0.6) is 0 Å². The summed E-state index contributed by atoms with van der Waals surface area (Å²) in [6.45, 7) is 4.98. The van der Waals surface area contributed by atoms with Gasteiger partial charge in [0.25, 0.3) is 5.91 Å². The third-order valence-electron chi connectivity index (χ3n) is 3.23. The molecule has 1 amide bonds. The van der Waals surface area contributed by atoms with E-state index in [9.17, 15) is 4.79 Å². The van der Waals surface area contributed by atoms with Crippen LogP contribution in [0.15, 0.2) is 22.7 Å². The Morgan fingerprint density at radius 1 is 1.50 bits per heavy atom. The normalized spacial score (nSPS) is 23.1. The molecule has 1 aromatic carbocycles. The summed E-state index contributed by atoms with van der Waals surface area (Å²) < 4.78 is 1.17. The third-order valence-corrected chi connectivity index (χ3v) is 5.22. The maximum atomic E-state index is 12.1. The molecule has 0 radical (unpaired) electrons. The van der Waals surface area contributed by atoms with E-state index in [1.807, 2.05) is 36.9 Å². The van der Waals surface area contributed by atoms with Gasteiger partial charge in [0.15, 0.2) is 0 Å². The van der Waals surface area contributed by atoms with E-state index in [2.05, 4.69) is 28.2 Å². The van der Waals surface area contributed by atoms with Gasteiger partial charge in [-0.15, -0.1) is 0 Å². The summed E-state index contributed by atoms with van der Waals surface area (Å²) in [5.74, 6) is 1.23. The highest BCUT2D eigenvalue weighted by Gasteiger charge is 2.29. The molecule has 1 fully saturated rings. The Hall–Kier alpha value is -0.480. The number of aryl methyl sites for hydroxylation is 1. The molecule has 0 spiro atoms. The molecule has 2 rings (SSSR count). The van der Waals surface area contributed by atoms with Crippen molar-refractivity contribution in [1.29, 1.82) is 0 Å². The molecule has 98 valence electrons. The zero-order chi connectivity index (χ0) is 13.2. The Bertz CT molecular complexity index is 435. The number of nitrogens with one attached hydrogen (secondary N) is 1. The highest BCUT2D eigenvalue weighted by atomic mass is 79.9. The van der Waals surface area contributed by atoms with E-state index in [4.69, 9.17) is 0 Å². The molecule has 18 heavy (non-hydrogen) atoms. The predicted molar refractivity (Wildman–Crippen MR) is 81.3 cm³/mol. The van der Waals surface area contributed by atoms with Crippen molar-refractivity contribution in [1.82, 2.24) is 5.32 Å². The van der Waals surface area contributed by atoms with Crippen molar-refractivity contribution >= 4 is 33.6 Å². The molecule has 0 aliphatic carbocycles. The lowest BCUT2D eigenvalue weighted by Crippen LogP contribution is -2.36. The number of amides is 1. The fourth-order valence-corrected chi connectivity index (χ4v) is 4.07. The van der Waals surface area contributed by atoms with Gasteiger partial charge in [-0.1, -0.05) is 15.9 Å². The van der Waals surface area contributed by atoms with Gasteiger partial charge in [0, 0.05) is 21.3 Å². The zero-order valence-corrected chi connectivity index (χ0v) is 13.2. The molecule has 1 aliphatic rings. The van der Waals surface area contributed by atoms with E-state index in [0.717, 1.165) is 22.1 Å². The lowest BCUT2D eigenvalue weighted by atomic mass is 10.1. The summed E-state index contributed by atoms with van der Waals surface area (Å²) in [4.78, 5) is 12.1. The zero-order valence-electron chi connectivity index (χ0n) is 10.8. The molecule has 1 atom stereocenters. The average Bonchev–Trinajstić information content (AvgIpc) is 2.72. The number of hydrogen-bond donors (Lipinski definition) is 1. The fraction of sp³-hybridized carbons (Fsp3) is 0.500. The second-order valence-electron chi connectivity index (χ2n) is 5.10. The Balaban J connectivity index is 1.99. The standard InChI is InChI=1S/C14H18BrNOS/c1-10-6-11(8-12(15)7-10)13(17)16-9-14(2)4-3-5-18-14/h6-8H,3-5,9H2,1-2H3,(H,16,17). The molecule has 1 heterocycles. The lowest BCUT2D eigenvalue weighted by molar-refractivity contribution is 0.0950. The van der Waals surface area contributed by atoms with Gasteiger partial charge in [-0.3, -0.25) is 4.79 Å². The van der Waals surface area contributed by atoms with Crippen LogP contribution >= 0.6 is 27.7 Å². The van der Waals surface area contributed by atoms with Crippen molar-refractivity contribution in [3.8, 4) is 0 Å². The monoisotopic (exact) mass is 327 g/mol. The Morgan fingerprint density at radius 2 is 2.28 bits per heavy atom. The number of benzene rings is 1. The van der Waals surface area contributed by atoms with E-state index in [1.54, 1.807) is 0 Å². The summed E-state index contributed by atoms with van der Waals surface area (Å²) in [5.41, 5.74) is 1.82. The summed E-state index contributed by atoms with van der Waals surface area (Å²) in [6, 6.07) is 5.79. The first-order chi connectivity index (χ1) is 8.48. The number of rotatable bonds is 3. The van der Waals surface area contributed by atoms with E-state index < -0.39 is 0 Å². The Kier molecular flexibility index (Phi) is 4.38. The van der Waals surface area contributed by atoms with Crippen LogP contribution in [-0.2, 0) is 0 Å². The lowest BCUT2D eigenvalue weighted by Gasteiger charge is -2.22. The molecule has 1 aromatic rings. The minimum absolute atomic E-state index is 0.0214. The number of halogens is 1. The molecule has 2 nitrogen and oxygen atoms in total. The maximum absolute atomic E-state index is 12.1.